The monoisotopic (exact) mass is 833 g/mol. The van der Waals surface area contributed by atoms with Crippen LogP contribution in [0.2, 0.25) is 0 Å². The van der Waals surface area contributed by atoms with Gasteiger partial charge in [0.05, 0.1) is 39.5 Å². The summed E-state index contributed by atoms with van der Waals surface area (Å²) in [5.41, 5.74) is 0.787. The second-order valence-electron chi connectivity index (χ2n) is 9.95. The number of halogens is 3. The van der Waals surface area contributed by atoms with E-state index in [9.17, 15) is 32.7 Å². The summed E-state index contributed by atoms with van der Waals surface area (Å²) in [4.78, 5) is 52.5. The van der Waals surface area contributed by atoms with Gasteiger partial charge in [-0.25, -0.2) is 19.4 Å². The van der Waals surface area contributed by atoms with Crippen molar-refractivity contribution in [1.82, 2.24) is 30.1 Å². The molecule has 0 aliphatic heterocycles. The number of rotatable bonds is 7. The molecule has 0 aliphatic rings. The van der Waals surface area contributed by atoms with Gasteiger partial charge in [0.25, 0.3) is 0 Å². The third-order valence-electron chi connectivity index (χ3n) is 6.49. The van der Waals surface area contributed by atoms with E-state index < -0.39 is 29.8 Å². The van der Waals surface area contributed by atoms with Crippen molar-refractivity contribution < 1.29 is 62.4 Å². The topological polar surface area (TPSA) is 213 Å². The van der Waals surface area contributed by atoms with Gasteiger partial charge in [0.2, 0.25) is 0 Å². The molecule has 0 saturated carbocycles. The van der Waals surface area contributed by atoms with Gasteiger partial charge in [-0.15, -0.1) is 11.3 Å². The van der Waals surface area contributed by atoms with Gasteiger partial charge in [-0.1, -0.05) is 17.9 Å². The van der Waals surface area contributed by atoms with Crippen LogP contribution in [-0.2, 0) is 25.7 Å². The van der Waals surface area contributed by atoms with Crippen LogP contribution in [0.25, 0.3) is 50.0 Å². The number of aromatic nitrogens is 6. The molecule has 0 radical (unpaired) electrons. The first kappa shape index (κ1) is 40.6. The van der Waals surface area contributed by atoms with E-state index >= 15 is 0 Å². The number of hydrogen-bond donors (Lipinski definition) is 3. The number of aromatic carboxylic acids is 3. The van der Waals surface area contributed by atoms with Gasteiger partial charge in [-0.3, -0.25) is 15.0 Å². The number of thiophene rings is 1. The van der Waals surface area contributed by atoms with E-state index in [0.29, 0.717) is 5.69 Å². The van der Waals surface area contributed by atoms with Gasteiger partial charge in [-0.2, -0.15) is 18.3 Å². The Morgan fingerprint density at radius 3 is 1.69 bits per heavy atom. The molecular weight excluding hydrogens is 813 g/mol. The first-order valence-electron chi connectivity index (χ1n) is 14.0. The van der Waals surface area contributed by atoms with Gasteiger partial charge >= 0.3 is 43.6 Å². The Morgan fingerprint density at radius 1 is 0.769 bits per heavy atom. The first-order valence-corrected chi connectivity index (χ1v) is 15.2. The Balaban J connectivity index is 0.000000262. The van der Waals surface area contributed by atoms with Gasteiger partial charge in [-0.05, 0) is 73.7 Å². The minimum absolute atomic E-state index is 0. The Morgan fingerprint density at radius 2 is 1.29 bits per heavy atom. The number of carboxylic acid groups (broad SMARTS) is 3. The summed E-state index contributed by atoms with van der Waals surface area (Å²) in [6, 6.07) is 16.0. The predicted octanol–water partition coefficient (Wildman–Crippen LogP) is 7.11. The Labute approximate surface area is 313 Å². The zero-order valence-corrected chi connectivity index (χ0v) is 29.5. The Bertz CT molecular complexity index is 2180. The smallest absolute Gasteiger partial charge is 0.753 e. The number of aryl methyl sites for hydroxylation is 1. The van der Waals surface area contributed by atoms with Crippen LogP contribution in [-0.4, -0.2) is 63.4 Å². The van der Waals surface area contributed by atoms with Crippen LogP contribution in [0.4, 0.5) is 13.2 Å². The van der Waals surface area contributed by atoms with Gasteiger partial charge in [0.15, 0.2) is 0 Å². The summed E-state index contributed by atoms with van der Waals surface area (Å²) in [5, 5.41) is 42.7. The molecule has 0 amide bonds. The number of pyridine rings is 4. The van der Waals surface area contributed by atoms with Gasteiger partial charge in [0, 0.05) is 39.6 Å². The van der Waals surface area contributed by atoms with E-state index in [1.165, 1.54) is 58.8 Å². The second-order valence-corrected chi connectivity index (χ2v) is 11.4. The zero-order chi connectivity index (χ0) is 37.3. The fourth-order valence-electron chi connectivity index (χ4n) is 4.16. The molecule has 52 heavy (non-hydrogen) atoms. The molecule has 19 heteroatoms. The van der Waals surface area contributed by atoms with E-state index in [0.717, 1.165) is 16.5 Å². The third-order valence-corrected chi connectivity index (χ3v) is 7.54. The number of nitrogens with zero attached hydrogens (tertiary/aromatic N) is 7. The molecule has 0 fully saturated rings. The van der Waals surface area contributed by atoms with Crippen molar-refractivity contribution >= 4 is 46.6 Å². The zero-order valence-electron chi connectivity index (χ0n) is 26.1. The van der Waals surface area contributed by atoms with E-state index in [2.05, 4.69) is 42.4 Å². The largest absolute Gasteiger partial charge is 2.00 e. The van der Waals surface area contributed by atoms with E-state index in [4.69, 9.17) is 15.6 Å². The maximum Gasteiger partial charge on any atom is 2.00 e. The molecular formula is C33H20F3N7O6RuS2. The van der Waals surface area contributed by atoms with Crippen molar-refractivity contribution in [1.29, 1.82) is 0 Å². The number of isothiocyanates is 1. The Hall–Kier alpha value is -5.87. The summed E-state index contributed by atoms with van der Waals surface area (Å²) in [6.45, 7) is 2.01. The molecule has 0 spiro atoms. The summed E-state index contributed by atoms with van der Waals surface area (Å²) in [6.07, 6.45) is -0.310. The molecule has 0 bridgehead atoms. The number of thiocarbonyl (C=S) groups is 1. The van der Waals surface area contributed by atoms with E-state index in [1.807, 2.05) is 25.1 Å². The van der Waals surface area contributed by atoms with Crippen LogP contribution in [0.3, 0.4) is 0 Å². The molecule has 6 rings (SSSR count). The number of carbonyl (C=O) groups is 3. The molecule has 0 aliphatic carbocycles. The van der Waals surface area contributed by atoms with Crippen LogP contribution in [0.15, 0.2) is 85.3 Å². The van der Waals surface area contributed by atoms with Crippen LogP contribution in [0.5, 0.6) is 0 Å². The fourth-order valence-corrected chi connectivity index (χ4v) is 5.02. The van der Waals surface area contributed by atoms with Crippen LogP contribution in [0.1, 0.15) is 41.6 Å². The fraction of sp³-hybridized carbons (Fsp3) is 0.0606. The SMILES string of the molecule is Cc1ccc(-c2ccc(-c3cc(C(F)(F)F)n[n-]3)nc2)s1.O=C(O)c1ccnc(-c2cc(C(=O)O)cc(-c3cc(C(=O)O)ccn3)n2)c1.[N-]=C=S.[Ru+2]. The summed E-state index contributed by atoms with van der Waals surface area (Å²) < 4.78 is 37.4. The molecule has 6 heterocycles. The van der Waals surface area contributed by atoms with Crippen LogP contribution >= 0.6 is 23.6 Å². The number of carboxylic acids is 3. The molecule has 3 N–H and O–H groups in total. The molecule has 13 nitrogen and oxygen atoms in total. The normalized spacial score (nSPS) is 10.3. The van der Waals surface area contributed by atoms with Crippen LogP contribution in [0, 0.1) is 6.92 Å². The Kier molecular flexibility index (Phi) is 13.9. The van der Waals surface area contributed by atoms with Crippen molar-refractivity contribution in [3.8, 4) is 44.6 Å². The van der Waals surface area contributed by atoms with Crippen molar-refractivity contribution in [3.05, 3.63) is 118 Å². The van der Waals surface area contributed by atoms with Crippen LogP contribution < -0.4 is 5.10 Å². The molecule has 6 aromatic rings. The molecule has 0 aromatic carbocycles. The van der Waals surface area contributed by atoms with Crippen molar-refractivity contribution in [2.45, 2.75) is 13.1 Å². The molecule has 0 atom stereocenters. The number of hydrogen-bond acceptors (Lipinski definition) is 10. The van der Waals surface area contributed by atoms with Crippen molar-refractivity contribution in [3.63, 3.8) is 0 Å². The quantitative estimate of drug-likeness (QED) is 0.0832. The van der Waals surface area contributed by atoms with E-state index in [-0.39, 0.29) is 64.6 Å². The summed E-state index contributed by atoms with van der Waals surface area (Å²) in [7, 11) is 0. The second kappa shape index (κ2) is 17.9. The maximum absolute atomic E-state index is 12.5. The third kappa shape index (κ3) is 10.6. The number of alkyl halides is 3. The first-order chi connectivity index (χ1) is 24.2. The van der Waals surface area contributed by atoms with E-state index in [1.54, 1.807) is 23.6 Å². The average Bonchev–Trinajstić information content (AvgIpc) is 3.79. The van der Waals surface area contributed by atoms with Crippen molar-refractivity contribution in [2.75, 3.05) is 0 Å². The minimum Gasteiger partial charge on any atom is -0.753 e. The molecule has 264 valence electrons. The average molecular weight is 833 g/mol. The molecule has 0 unspecified atom stereocenters. The maximum atomic E-state index is 12.5. The van der Waals surface area contributed by atoms with Gasteiger partial charge < -0.3 is 30.9 Å². The standard InChI is InChI=1S/C18H11N3O6.C14H9F3N3S.CNS.Ru/c22-16(23)9-1-3-19-12(5-9)14-7-11(18(26)27)8-15(21-14)13-6-10(17(24)25)2-4-20-13;1-8-2-5-12(21-8)9-3-4-10(18-7-9)11-6-13(20-19-11)14(15,16)17;2-1-3;/h1-8H,(H,22,23)(H,24,25)(H,26,27);2-7H,1H3;;/q;2*-1;+2. The van der Waals surface area contributed by atoms with Crippen molar-refractivity contribution in [2.24, 2.45) is 0 Å². The summed E-state index contributed by atoms with van der Waals surface area (Å²) in [5.74, 6) is -3.56. The van der Waals surface area contributed by atoms with Gasteiger partial charge in [0.1, 0.15) is 5.69 Å². The predicted molar refractivity (Wildman–Crippen MR) is 181 cm³/mol. The summed E-state index contributed by atoms with van der Waals surface area (Å²) >= 11 is 5.33. The molecule has 6 aromatic heterocycles. The minimum atomic E-state index is -4.49. The molecule has 0 saturated heterocycles.